The summed E-state index contributed by atoms with van der Waals surface area (Å²) in [6, 6.07) is 4.91. The molecule has 1 nitrogen and oxygen atoms in total. The van der Waals surface area contributed by atoms with E-state index in [0.717, 1.165) is 4.90 Å². The highest BCUT2D eigenvalue weighted by Crippen LogP contribution is 2.33. The van der Waals surface area contributed by atoms with Crippen molar-refractivity contribution in [2.45, 2.75) is 43.9 Å². The Morgan fingerprint density at radius 1 is 1.19 bits per heavy atom. The van der Waals surface area contributed by atoms with E-state index in [1.54, 1.807) is 17.8 Å². The Hall–Kier alpha value is -0.540. The van der Waals surface area contributed by atoms with E-state index in [1.807, 2.05) is 13.0 Å². The third kappa shape index (κ3) is 3.22. The van der Waals surface area contributed by atoms with Crippen molar-refractivity contribution >= 4 is 11.8 Å². The van der Waals surface area contributed by atoms with E-state index < -0.39 is 0 Å². The molecule has 0 amide bonds. The number of rotatable bonds is 4. The van der Waals surface area contributed by atoms with Crippen molar-refractivity contribution in [2.75, 3.05) is 0 Å². The SMILES string of the molecule is CC(C)C(C)Sc1cccc(F)c1[C@H](C)N. The van der Waals surface area contributed by atoms with Gasteiger partial charge in [0.05, 0.1) is 0 Å². The van der Waals surface area contributed by atoms with E-state index in [-0.39, 0.29) is 11.9 Å². The predicted octanol–water partition coefficient (Wildman–Crippen LogP) is 3.98. The van der Waals surface area contributed by atoms with E-state index in [4.69, 9.17) is 5.73 Å². The fourth-order valence-electron chi connectivity index (χ4n) is 1.40. The first kappa shape index (κ1) is 13.5. The molecule has 0 aliphatic carbocycles. The first-order valence-electron chi connectivity index (χ1n) is 5.64. The van der Waals surface area contributed by atoms with E-state index in [9.17, 15) is 4.39 Å². The minimum atomic E-state index is -0.261. The second-order valence-corrected chi connectivity index (χ2v) is 5.93. The molecular formula is C13H20FNS. The van der Waals surface area contributed by atoms with Crippen LogP contribution in [0.15, 0.2) is 23.1 Å². The summed E-state index contributed by atoms with van der Waals surface area (Å²) in [5.74, 6) is 0.366. The predicted molar refractivity (Wildman–Crippen MR) is 69.2 cm³/mol. The zero-order valence-corrected chi connectivity index (χ0v) is 11.1. The third-order valence-corrected chi connectivity index (χ3v) is 4.25. The van der Waals surface area contributed by atoms with E-state index >= 15 is 0 Å². The molecule has 1 unspecified atom stereocenters. The van der Waals surface area contributed by atoms with Gasteiger partial charge in [0.1, 0.15) is 5.82 Å². The van der Waals surface area contributed by atoms with Gasteiger partial charge in [0.15, 0.2) is 0 Å². The molecule has 0 fully saturated rings. The summed E-state index contributed by atoms with van der Waals surface area (Å²) in [4.78, 5) is 0.969. The largest absolute Gasteiger partial charge is 0.324 e. The molecule has 2 atom stereocenters. The Labute approximate surface area is 102 Å². The number of hydrogen-bond acceptors (Lipinski definition) is 2. The van der Waals surface area contributed by atoms with Gasteiger partial charge in [-0.15, -0.1) is 11.8 Å². The molecule has 0 saturated heterocycles. The summed E-state index contributed by atoms with van der Waals surface area (Å²) in [5, 5.41) is 0.458. The van der Waals surface area contributed by atoms with Gasteiger partial charge in [0.25, 0.3) is 0 Å². The van der Waals surface area contributed by atoms with Crippen molar-refractivity contribution in [3.05, 3.63) is 29.6 Å². The average Bonchev–Trinajstić information content (AvgIpc) is 2.16. The van der Waals surface area contributed by atoms with Crippen LogP contribution in [-0.4, -0.2) is 5.25 Å². The van der Waals surface area contributed by atoms with Gasteiger partial charge in [0, 0.05) is 21.8 Å². The topological polar surface area (TPSA) is 26.0 Å². The highest BCUT2D eigenvalue weighted by Gasteiger charge is 2.16. The van der Waals surface area contributed by atoms with Gasteiger partial charge >= 0.3 is 0 Å². The van der Waals surface area contributed by atoms with Crippen molar-refractivity contribution in [1.29, 1.82) is 0 Å². The number of hydrogen-bond donors (Lipinski definition) is 1. The van der Waals surface area contributed by atoms with Crippen LogP contribution in [0.3, 0.4) is 0 Å². The second kappa shape index (κ2) is 5.69. The minimum Gasteiger partial charge on any atom is -0.324 e. The smallest absolute Gasteiger partial charge is 0.129 e. The van der Waals surface area contributed by atoms with Gasteiger partial charge in [0.2, 0.25) is 0 Å². The summed E-state index contributed by atoms with van der Waals surface area (Å²) in [6.07, 6.45) is 0. The normalized spacial score (nSPS) is 15.2. The standard InChI is InChI=1S/C13H20FNS/c1-8(2)10(4)16-12-7-5-6-11(14)13(12)9(3)15/h5-10H,15H2,1-4H3/t9-,10?/m0/s1. The van der Waals surface area contributed by atoms with Crippen molar-refractivity contribution in [3.63, 3.8) is 0 Å². The van der Waals surface area contributed by atoms with Crippen LogP contribution >= 0.6 is 11.8 Å². The number of benzene rings is 1. The van der Waals surface area contributed by atoms with Gasteiger partial charge < -0.3 is 5.73 Å². The van der Waals surface area contributed by atoms with Gasteiger partial charge in [-0.2, -0.15) is 0 Å². The second-order valence-electron chi connectivity index (χ2n) is 4.51. The van der Waals surface area contributed by atoms with Crippen LogP contribution in [0.25, 0.3) is 0 Å². The fourth-order valence-corrected chi connectivity index (χ4v) is 2.64. The van der Waals surface area contributed by atoms with Crippen LogP contribution in [0, 0.1) is 11.7 Å². The summed E-state index contributed by atoms with van der Waals surface area (Å²) >= 11 is 1.70. The highest BCUT2D eigenvalue weighted by atomic mass is 32.2. The molecule has 3 heteroatoms. The summed E-state index contributed by atoms with van der Waals surface area (Å²) in [5.41, 5.74) is 6.45. The molecule has 90 valence electrons. The molecule has 0 bridgehead atoms. The highest BCUT2D eigenvalue weighted by molar-refractivity contribution is 8.00. The monoisotopic (exact) mass is 241 g/mol. The molecule has 0 aliphatic rings. The van der Waals surface area contributed by atoms with Crippen LogP contribution in [0.1, 0.15) is 39.3 Å². The average molecular weight is 241 g/mol. The lowest BCUT2D eigenvalue weighted by atomic mass is 10.1. The number of thioether (sulfide) groups is 1. The van der Waals surface area contributed by atoms with Crippen LogP contribution in [0.5, 0.6) is 0 Å². The van der Waals surface area contributed by atoms with Gasteiger partial charge in [-0.3, -0.25) is 0 Å². The fraction of sp³-hybridized carbons (Fsp3) is 0.538. The summed E-state index contributed by atoms with van der Waals surface area (Å²) in [6.45, 7) is 8.32. The van der Waals surface area contributed by atoms with Crippen molar-refractivity contribution in [1.82, 2.24) is 0 Å². The van der Waals surface area contributed by atoms with E-state index in [0.29, 0.717) is 16.7 Å². The lowest BCUT2D eigenvalue weighted by Crippen LogP contribution is -2.11. The minimum absolute atomic E-state index is 0.198. The Balaban J connectivity index is 2.99. The molecule has 0 saturated carbocycles. The lowest BCUT2D eigenvalue weighted by molar-refractivity contribution is 0.584. The van der Waals surface area contributed by atoms with Gasteiger partial charge in [-0.25, -0.2) is 4.39 Å². The molecule has 1 aromatic carbocycles. The summed E-state index contributed by atoms with van der Waals surface area (Å²) < 4.78 is 13.7. The van der Waals surface area contributed by atoms with Gasteiger partial charge in [-0.05, 0) is 25.0 Å². The molecule has 0 spiro atoms. The Morgan fingerprint density at radius 2 is 1.81 bits per heavy atom. The third-order valence-electron chi connectivity index (χ3n) is 2.72. The van der Waals surface area contributed by atoms with Crippen LogP contribution < -0.4 is 5.73 Å². The van der Waals surface area contributed by atoms with E-state index in [2.05, 4.69) is 20.8 Å². The maximum absolute atomic E-state index is 13.7. The zero-order chi connectivity index (χ0) is 12.3. The lowest BCUT2D eigenvalue weighted by Gasteiger charge is -2.19. The molecule has 1 aromatic rings. The van der Waals surface area contributed by atoms with Crippen LogP contribution in [0.4, 0.5) is 4.39 Å². The number of nitrogens with two attached hydrogens (primary N) is 1. The quantitative estimate of drug-likeness (QED) is 0.807. The van der Waals surface area contributed by atoms with Crippen LogP contribution in [-0.2, 0) is 0 Å². The zero-order valence-electron chi connectivity index (χ0n) is 10.3. The Morgan fingerprint density at radius 3 is 2.31 bits per heavy atom. The first-order chi connectivity index (χ1) is 7.43. The molecule has 0 radical (unpaired) electrons. The molecule has 0 heterocycles. The van der Waals surface area contributed by atoms with Crippen molar-refractivity contribution < 1.29 is 4.39 Å². The molecular weight excluding hydrogens is 221 g/mol. The number of halogens is 1. The van der Waals surface area contributed by atoms with Crippen LogP contribution in [0.2, 0.25) is 0 Å². The summed E-state index contributed by atoms with van der Waals surface area (Å²) in [7, 11) is 0. The molecule has 0 aliphatic heterocycles. The van der Waals surface area contributed by atoms with Gasteiger partial charge in [-0.1, -0.05) is 26.8 Å². The molecule has 16 heavy (non-hydrogen) atoms. The Bertz CT molecular complexity index is 350. The maximum atomic E-state index is 13.7. The molecule has 2 N–H and O–H groups in total. The van der Waals surface area contributed by atoms with E-state index in [1.165, 1.54) is 6.07 Å². The molecule has 0 aromatic heterocycles. The Kier molecular flexibility index (Phi) is 4.81. The first-order valence-corrected chi connectivity index (χ1v) is 6.52. The maximum Gasteiger partial charge on any atom is 0.129 e. The molecule has 1 rings (SSSR count). The van der Waals surface area contributed by atoms with Crippen molar-refractivity contribution in [3.8, 4) is 0 Å². The van der Waals surface area contributed by atoms with Crippen molar-refractivity contribution in [2.24, 2.45) is 11.7 Å².